The Morgan fingerprint density at radius 1 is 1.38 bits per heavy atom. The summed E-state index contributed by atoms with van der Waals surface area (Å²) >= 11 is 0. The Hall–Kier alpha value is -2.93. The van der Waals surface area contributed by atoms with Crippen LogP contribution in [-0.2, 0) is 16.6 Å². The van der Waals surface area contributed by atoms with Crippen molar-refractivity contribution in [1.29, 1.82) is 0 Å². The van der Waals surface area contributed by atoms with Crippen LogP contribution in [0, 0.1) is 0 Å². The molecule has 7 heteroatoms. The Labute approximate surface area is 152 Å². The number of carbonyl (C=O) groups excluding carboxylic acids is 2. The molecule has 3 rings (SSSR count). The highest BCUT2D eigenvalue weighted by atomic mass is 16.5. The lowest BCUT2D eigenvalue weighted by molar-refractivity contribution is -0.111. The van der Waals surface area contributed by atoms with Gasteiger partial charge in [0.2, 0.25) is 5.91 Å². The first-order valence-corrected chi connectivity index (χ1v) is 8.58. The SMILES string of the molecule is Cn1cc(/C=C/C(=O)Nc2ccccc2C(=O)NCC2CCCO2)cn1. The summed E-state index contributed by atoms with van der Waals surface area (Å²) in [7, 11) is 1.81. The van der Waals surface area contributed by atoms with Gasteiger partial charge in [0.15, 0.2) is 0 Å². The van der Waals surface area contributed by atoms with Gasteiger partial charge in [0.25, 0.3) is 5.91 Å². The molecule has 26 heavy (non-hydrogen) atoms. The number of carbonyl (C=O) groups is 2. The van der Waals surface area contributed by atoms with Crippen molar-refractivity contribution in [2.45, 2.75) is 18.9 Å². The third kappa shape index (κ3) is 4.80. The molecule has 0 radical (unpaired) electrons. The number of ether oxygens (including phenoxy) is 1. The molecule has 7 nitrogen and oxygen atoms in total. The van der Waals surface area contributed by atoms with E-state index >= 15 is 0 Å². The molecule has 1 aliphatic rings. The maximum absolute atomic E-state index is 12.4. The third-order valence-corrected chi connectivity index (χ3v) is 4.10. The van der Waals surface area contributed by atoms with Gasteiger partial charge in [0.1, 0.15) is 0 Å². The van der Waals surface area contributed by atoms with Gasteiger partial charge >= 0.3 is 0 Å². The number of nitrogens with zero attached hydrogens (tertiary/aromatic N) is 2. The Kier molecular flexibility index (Phi) is 5.80. The molecule has 1 fully saturated rings. The molecule has 0 spiro atoms. The van der Waals surface area contributed by atoms with E-state index in [0.29, 0.717) is 17.8 Å². The third-order valence-electron chi connectivity index (χ3n) is 4.10. The fraction of sp³-hybridized carbons (Fsp3) is 0.316. The lowest BCUT2D eigenvalue weighted by Crippen LogP contribution is -2.32. The number of benzene rings is 1. The topological polar surface area (TPSA) is 85.2 Å². The molecule has 1 aromatic carbocycles. The van der Waals surface area contributed by atoms with Crippen molar-refractivity contribution in [2.24, 2.45) is 7.05 Å². The van der Waals surface area contributed by atoms with E-state index < -0.39 is 0 Å². The van der Waals surface area contributed by atoms with Gasteiger partial charge in [0, 0.05) is 38.0 Å². The molecular formula is C19H22N4O3. The average molecular weight is 354 g/mol. The van der Waals surface area contributed by atoms with Crippen molar-refractivity contribution in [3.63, 3.8) is 0 Å². The fourth-order valence-corrected chi connectivity index (χ4v) is 2.77. The summed E-state index contributed by atoms with van der Waals surface area (Å²) in [4.78, 5) is 24.6. The van der Waals surface area contributed by atoms with Crippen molar-refractivity contribution < 1.29 is 14.3 Å². The number of hydrogen-bond acceptors (Lipinski definition) is 4. The summed E-state index contributed by atoms with van der Waals surface area (Å²) in [5.41, 5.74) is 1.72. The van der Waals surface area contributed by atoms with Crippen LogP contribution < -0.4 is 10.6 Å². The zero-order valence-electron chi connectivity index (χ0n) is 14.6. The van der Waals surface area contributed by atoms with E-state index in [2.05, 4.69) is 15.7 Å². The molecule has 0 aliphatic carbocycles. The van der Waals surface area contributed by atoms with Gasteiger partial charge in [-0.2, -0.15) is 5.10 Å². The Morgan fingerprint density at radius 2 is 2.23 bits per heavy atom. The molecule has 2 amide bonds. The van der Waals surface area contributed by atoms with E-state index in [1.54, 1.807) is 47.4 Å². The van der Waals surface area contributed by atoms with Crippen LogP contribution >= 0.6 is 0 Å². The zero-order chi connectivity index (χ0) is 18.4. The minimum Gasteiger partial charge on any atom is -0.376 e. The molecule has 2 heterocycles. The molecule has 136 valence electrons. The minimum atomic E-state index is -0.312. The Morgan fingerprint density at radius 3 is 2.96 bits per heavy atom. The van der Waals surface area contributed by atoms with E-state index in [-0.39, 0.29) is 17.9 Å². The Bertz CT molecular complexity index is 807. The van der Waals surface area contributed by atoms with Crippen LogP contribution in [-0.4, -0.2) is 40.9 Å². The van der Waals surface area contributed by atoms with Crippen LogP contribution in [0.15, 0.2) is 42.7 Å². The monoisotopic (exact) mass is 354 g/mol. The number of aryl methyl sites for hydroxylation is 1. The quantitative estimate of drug-likeness (QED) is 0.777. The van der Waals surface area contributed by atoms with Crippen LogP contribution in [0.5, 0.6) is 0 Å². The van der Waals surface area contributed by atoms with Crippen molar-refractivity contribution >= 4 is 23.6 Å². The smallest absolute Gasteiger partial charge is 0.253 e. The first-order valence-electron chi connectivity index (χ1n) is 8.58. The first kappa shape index (κ1) is 17.9. The number of anilines is 1. The number of rotatable bonds is 6. The Balaban J connectivity index is 1.61. The largest absolute Gasteiger partial charge is 0.376 e. The first-order chi connectivity index (χ1) is 12.6. The summed E-state index contributed by atoms with van der Waals surface area (Å²) in [5.74, 6) is -0.541. The van der Waals surface area contributed by atoms with Crippen molar-refractivity contribution in [3.8, 4) is 0 Å². The van der Waals surface area contributed by atoms with E-state index in [0.717, 1.165) is 25.0 Å². The van der Waals surface area contributed by atoms with Crippen molar-refractivity contribution in [3.05, 3.63) is 53.9 Å². The second kappa shape index (κ2) is 8.44. The normalized spacial score (nSPS) is 16.7. The molecule has 0 bridgehead atoms. The van der Waals surface area contributed by atoms with Gasteiger partial charge in [0.05, 0.1) is 23.6 Å². The standard InChI is InChI=1S/C19H22N4O3/c1-23-13-14(11-21-23)8-9-18(24)22-17-7-3-2-6-16(17)19(25)20-12-15-5-4-10-26-15/h2-3,6-9,11,13,15H,4-5,10,12H2,1H3,(H,20,25)(H,22,24)/b9-8+. The predicted octanol–water partition coefficient (Wildman–Crippen LogP) is 1.98. The van der Waals surface area contributed by atoms with E-state index in [1.165, 1.54) is 6.08 Å². The summed E-state index contributed by atoms with van der Waals surface area (Å²) in [6.45, 7) is 1.22. The molecular weight excluding hydrogens is 332 g/mol. The number of amides is 2. The number of para-hydroxylation sites is 1. The second-order valence-electron chi connectivity index (χ2n) is 6.16. The summed E-state index contributed by atoms with van der Waals surface area (Å²) < 4.78 is 7.17. The predicted molar refractivity (Wildman–Crippen MR) is 98.6 cm³/mol. The van der Waals surface area contributed by atoms with Gasteiger partial charge in [-0.05, 0) is 31.1 Å². The number of aromatic nitrogens is 2. The fourth-order valence-electron chi connectivity index (χ4n) is 2.77. The van der Waals surface area contributed by atoms with Crippen LogP contribution in [0.1, 0.15) is 28.8 Å². The zero-order valence-corrected chi connectivity index (χ0v) is 14.6. The van der Waals surface area contributed by atoms with Crippen LogP contribution in [0.25, 0.3) is 6.08 Å². The molecule has 1 atom stereocenters. The maximum Gasteiger partial charge on any atom is 0.253 e. The minimum absolute atomic E-state index is 0.0723. The molecule has 2 aromatic rings. The summed E-state index contributed by atoms with van der Waals surface area (Å²) in [6, 6.07) is 6.93. The summed E-state index contributed by atoms with van der Waals surface area (Å²) in [6.07, 6.45) is 8.60. The van der Waals surface area contributed by atoms with Crippen LogP contribution in [0.4, 0.5) is 5.69 Å². The highest BCUT2D eigenvalue weighted by Gasteiger charge is 2.18. The van der Waals surface area contributed by atoms with Crippen LogP contribution in [0.3, 0.4) is 0 Å². The van der Waals surface area contributed by atoms with E-state index in [4.69, 9.17) is 4.74 Å². The van der Waals surface area contributed by atoms with Crippen LogP contribution in [0.2, 0.25) is 0 Å². The number of nitrogens with one attached hydrogen (secondary N) is 2. The van der Waals surface area contributed by atoms with E-state index in [9.17, 15) is 9.59 Å². The van der Waals surface area contributed by atoms with Gasteiger partial charge < -0.3 is 15.4 Å². The summed E-state index contributed by atoms with van der Waals surface area (Å²) in [5, 5.41) is 9.66. The van der Waals surface area contributed by atoms with Crippen molar-refractivity contribution in [1.82, 2.24) is 15.1 Å². The molecule has 2 N–H and O–H groups in total. The number of hydrogen-bond donors (Lipinski definition) is 2. The maximum atomic E-state index is 12.4. The van der Waals surface area contributed by atoms with Gasteiger partial charge in [-0.25, -0.2) is 0 Å². The molecule has 1 aliphatic heterocycles. The molecule has 0 saturated carbocycles. The van der Waals surface area contributed by atoms with Gasteiger partial charge in [-0.1, -0.05) is 12.1 Å². The lowest BCUT2D eigenvalue weighted by Gasteiger charge is -2.13. The highest BCUT2D eigenvalue weighted by molar-refractivity contribution is 6.07. The molecule has 1 aromatic heterocycles. The van der Waals surface area contributed by atoms with Crippen molar-refractivity contribution in [2.75, 3.05) is 18.5 Å². The molecule has 1 saturated heterocycles. The lowest BCUT2D eigenvalue weighted by atomic mass is 10.1. The average Bonchev–Trinajstić information content (AvgIpc) is 3.30. The van der Waals surface area contributed by atoms with Gasteiger partial charge in [-0.15, -0.1) is 0 Å². The second-order valence-corrected chi connectivity index (χ2v) is 6.16. The molecule has 1 unspecified atom stereocenters. The van der Waals surface area contributed by atoms with Gasteiger partial charge in [-0.3, -0.25) is 14.3 Å². The van der Waals surface area contributed by atoms with E-state index in [1.807, 2.05) is 7.05 Å². The highest BCUT2D eigenvalue weighted by Crippen LogP contribution is 2.16.